The number of ether oxygens (including phenoxy) is 1. The van der Waals surface area contributed by atoms with Crippen LogP contribution in [-0.2, 0) is 4.74 Å². The van der Waals surface area contributed by atoms with Crippen molar-refractivity contribution in [3.63, 3.8) is 0 Å². The average molecular weight is 269 g/mol. The fourth-order valence-electron chi connectivity index (χ4n) is 2.59. The first-order valence-corrected chi connectivity index (χ1v) is 6.96. The van der Waals surface area contributed by atoms with Gasteiger partial charge >= 0.3 is 0 Å². The fraction of sp³-hybridized carbons (Fsp3) is 0.375. The first-order chi connectivity index (χ1) is 9.72. The smallest absolute Gasteiger partial charge is 0.132 e. The lowest BCUT2D eigenvalue weighted by atomic mass is 10.1. The maximum absolute atomic E-state index is 5.89. The highest BCUT2D eigenvalue weighted by Gasteiger charge is 2.23. The van der Waals surface area contributed by atoms with Gasteiger partial charge in [0, 0.05) is 24.8 Å². The molecule has 1 atom stereocenters. The molecule has 0 spiro atoms. The Morgan fingerprint density at radius 3 is 2.70 bits per heavy atom. The van der Waals surface area contributed by atoms with E-state index in [0.29, 0.717) is 0 Å². The topological polar surface area (TPSA) is 38.2 Å². The predicted molar refractivity (Wildman–Crippen MR) is 78.9 cm³/mol. The van der Waals surface area contributed by atoms with Crippen molar-refractivity contribution in [1.82, 2.24) is 9.97 Å². The van der Waals surface area contributed by atoms with Crippen molar-refractivity contribution in [2.45, 2.75) is 20.0 Å². The quantitative estimate of drug-likeness (QED) is 0.840. The first-order valence-electron chi connectivity index (χ1n) is 6.96. The molecule has 1 saturated heterocycles. The van der Waals surface area contributed by atoms with Gasteiger partial charge in [-0.2, -0.15) is 0 Å². The number of hydrogen-bond donors (Lipinski definition) is 0. The lowest BCUT2D eigenvalue weighted by Crippen LogP contribution is -2.39. The van der Waals surface area contributed by atoms with Crippen molar-refractivity contribution in [3.05, 3.63) is 53.5 Å². The van der Waals surface area contributed by atoms with Crippen molar-refractivity contribution in [3.8, 4) is 0 Å². The highest BCUT2D eigenvalue weighted by molar-refractivity contribution is 5.41. The molecule has 1 aromatic heterocycles. The molecule has 4 nitrogen and oxygen atoms in total. The zero-order valence-corrected chi connectivity index (χ0v) is 11.9. The summed E-state index contributed by atoms with van der Waals surface area (Å²) in [5.41, 5.74) is 2.23. The molecule has 0 N–H and O–H groups in total. The molecule has 2 heterocycles. The Morgan fingerprint density at radius 2 is 1.95 bits per heavy atom. The number of rotatable bonds is 2. The van der Waals surface area contributed by atoms with Crippen molar-refractivity contribution >= 4 is 5.82 Å². The van der Waals surface area contributed by atoms with Crippen LogP contribution >= 0.6 is 0 Å². The van der Waals surface area contributed by atoms with Gasteiger partial charge in [-0.1, -0.05) is 30.3 Å². The van der Waals surface area contributed by atoms with E-state index in [0.717, 1.165) is 37.0 Å². The van der Waals surface area contributed by atoms with Crippen LogP contribution < -0.4 is 4.90 Å². The Morgan fingerprint density at radius 1 is 1.15 bits per heavy atom. The molecule has 0 saturated carbocycles. The molecule has 0 aliphatic carbocycles. The summed E-state index contributed by atoms with van der Waals surface area (Å²) in [6.45, 7) is 6.37. The number of anilines is 1. The van der Waals surface area contributed by atoms with E-state index in [9.17, 15) is 0 Å². The number of morpholine rings is 1. The third kappa shape index (κ3) is 2.80. The summed E-state index contributed by atoms with van der Waals surface area (Å²) in [5, 5.41) is 0. The largest absolute Gasteiger partial charge is 0.370 e. The minimum absolute atomic E-state index is 0.112. The second-order valence-corrected chi connectivity index (χ2v) is 5.13. The van der Waals surface area contributed by atoms with Gasteiger partial charge in [0.05, 0.1) is 6.61 Å². The summed E-state index contributed by atoms with van der Waals surface area (Å²) in [6.07, 6.45) is 0.112. The minimum atomic E-state index is 0.112. The van der Waals surface area contributed by atoms with Gasteiger partial charge in [-0.05, 0) is 19.4 Å². The predicted octanol–water partition coefficient (Wildman–Crippen LogP) is 2.67. The van der Waals surface area contributed by atoms with Crippen LogP contribution in [0.25, 0.3) is 0 Å². The number of nitrogens with zero attached hydrogens (tertiary/aromatic N) is 3. The van der Waals surface area contributed by atoms with E-state index in [4.69, 9.17) is 4.74 Å². The summed E-state index contributed by atoms with van der Waals surface area (Å²) in [4.78, 5) is 11.2. The Kier molecular flexibility index (Phi) is 3.65. The fourth-order valence-corrected chi connectivity index (χ4v) is 2.59. The molecule has 2 aromatic rings. The molecule has 1 fully saturated rings. The number of hydrogen-bond acceptors (Lipinski definition) is 4. The molecular formula is C16H19N3O. The van der Waals surface area contributed by atoms with Gasteiger partial charge in [0.1, 0.15) is 17.7 Å². The lowest BCUT2D eigenvalue weighted by Gasteiger charge is -2.34. The second-order valence-electron chi connectivity index (χ2n) is 5.13. The molecule has 1 aliphatic rings. The van der Waals surface area contributed by atoms with Gasteiger partial charge in [0.2, 0.25) is 0 Å². The van der Waals surface area contributed by atoms with E-state index < -0.39 is 0 Å². The maximum atomic E-state index is 5.89. The molecular weight excluding hydrogens is 250 g/mol. The van der Waals surface area contributed by atoms with E-state index in [1.807, 2.05) is 26.0 Å². The highest BCUT2D eigenvalue weighted by atomic mass is 16.5. The van der Waals surface area contributed by atoms with Crippen LogP contribution in [0.4, 0.5) is 5.82 Å². The Hall–Kier alpha value is -1.94. The Bertz CT molecular complexity index is 565. The Balaban J connectivity index is 1.81. The summed E-state index contributed by atoms with van der Waals surface area (Å²) in [6, 6.07) is 12.4. The van der Waals surface area contributed by atoms with Crippen LogP contribution in [0.5, 0.6) is 0 Å². The molecule has 1 aliphatic heterocycles. The van der Waals surface area contributed by atoms with Crippen LogP contribution in [0.15, 0.2) is 36.4 Å². The minimum Gasteiger partial charge on any atom is -0.370 e. The van der Waals surface area contributed by atoms with Gasteiger partial charge in [-0.15, -0.1) is 0 Å². The van der Waals surface area contributed by atoms with Gasteiger partial charge in [-0.25, -0.2) is 9.97 Å². The summed E-state index contributed by atoms with van der Waals surface area (Å²) in [5.74, 6) is 1.82. The highest BCUT2D eigenvalue weighted by Crippen LogP contribution is 2.25. The van der Waals surface area contributed by atoms with Crippen LogP contribution in [0.1, 0.15) is 23.2 Å². The molecule has 0 radical (unpaired) electrons. The molecule has 3 rings (SSSR count). The second kappa shape index (κ2) is 5.59. The first kappa shape index (κ1) is 13.1. The summed E-state index contributed by atoms with van der Waals surface area (Å²) < 4.78 is 5.89. The van der Waals surface area contributed by atoms with Crippen molar-refractivity contribution in [2.24, 2.45) is 0 Å². The SMILES string of the molecule is Cc1cc(N2CCO[C@H](c3ccccc3)C2)nc(C)n1. The summed E-state index contributed by atoms with van der Waals surface area (Å²) >= 11 is 0. The Labute approximate surface area is 119 Å². The number of aryl methyl sites for hydroxylation is 2. The normalized spacial score (nSPS) is 19.1. The molecule has 1 aromatic carbocycles. The van der Waals surface area contributed by atoms with Crippen molar-refractivity contribution in [2.75, 3.05) is 24.6 Å². The van der Waals surface area contributed by atoms with Gasteiger partial charge < -0.3 is 9.64 Å². The van der Waals surface area contributed by atoms with E-state index in [-0.39, 0.29) is 6.10 Å². The van der Waals surface area contributed by atoms with Crippen molar-refractivity contribution < 1.29 is 4.74 Å². The molecule has 104 valence electrons. The average Bonchev–Trinajstić information content (AvgIpc) is 2.47. The molecule has 0 amide bonds. The summed E-state index contributed by atoms with van der Waals surface area (Å²) in [7, 11) is 0. The molecule has 0 unspecified atom stereocenters. The maximum Gasteiger partial charge on any atom is 0.132 e. The van der Waals surface area contributed by atoms with E-state index >= 15 is 0 Å². The third-order valence-corrected chi connectivity index (χ3v) is 3.51. The zero-order valence-electron chi connectivity index (χ0n) is 11.9. The van der Waals surface area contributed by atoms with Crippen molar-refractivity contribution in [1.29, 1.82) is 0 Å². The number of aromatic nitrogens is 2. The van der Waals surface area contributed by atoms with Crippen LogP contribution in [0, 0.1) is 13.8 Å². The van der Waals surface area contributed by atoms with Gasteiger partial charge in [0.25, 0.3) is 0 Å². The van der Waals surface area contributed by atoms with Crippen LogP contribution in [0.3, 0.4) is 0 Å². The van der Waals surface area contributed by atoms with E-state index in [2.05, 4.69) is 39.1 Å². The lowest BCUT2D eigenvalue weighted by molar-refractivity contribution is 0.0395. The van der Waals surface area contributed by atoms with Crippen LogP contribution in [0.2, 0.25) is 0 Å². The molecule has 4 heteroatoms. The third-order valence-electron chi connectivity index (χ3n) is 3.51. The van der Waals surface area contributed by atoms with E-state index in [1.54, 1.807) is 0 Å². The van der Waals surface area contributed by atoms with Crippen LogP contribution in [-0.4, -0.2) is 29.7 Å². The number of benzene rings is 1. The monoisotopic (exact) mass is 269 g/mol. The molecule has 0 bridgehead atoms. The van der Waals surface area contributed by atoms with Gasteiger partial charge in [0.15, 0.2) is 0 Å². The van der Waals surface area contributed by atoms with E-state index in [1.165, 1.54) is 5.56 Å². The standard InChI is InChI=1S/C16H19N3O/c1-12-10-16(18-13(2)17-12)19-8-9-20-15(11-19)14-6-4-3-5-7-14/h3-7,10,15H,8-9,11H2,1-2H3/t15-/m0/s1. The zero-order chi connectivity index (χ0) is 13.9. The molecule has 20 heavy (non-hydrogen) atoms. The van der Waals surface area contributed by atoms with Gasteiger partial charge in [-0.3, -0.25) is 0 Å².